The third-order valence-electron chi connectivity index (χ3n) is 2.75. The summed E-state index contributed by atoms with van der Waals surface area (Å²) in [5.41, 5.74) is 1.43. The molecule has 0 amide bonds. The highest BCUT2D eigenvalue weighted by atomic mass is 79.9. The fourth-order valence-electron chi connectivity index (χ4n) is 1.84. The van der Waals surface area contributed by atoms with Crippen LogP contribution >= 0.6 is 27.5 Å². The molecular weight excluding hydrogens is 328 g/mol. The Morgan fingerprint density at radius 3 is 2.79 bits per heavy atom. The first kappa shape index (κ1) is 14.5. The van der Waals surface area contributed by atoms with E-state index in [0.29, 0.717) is 17.1 Å². The average Bonchev–Trinajstić information content (AvgIpc) is 2.60. The van der Waals surface area contributed by atoms with Gasteiger partial charge < -0.3 is 5.32 Å². The number of carbonyl (C=O) groups excluding carboxylic acids is 1. The van der Waals surface area contributed by atoms with Crippen molar-refractivity contribution >= 4 is 45.2 Å². The number of fused-ring (bicyclic) bond motifs is 1. The lowest BCUT2D eigenvalue weighted by Crippen LogP contribution is -2.24. The van der Waals surface area contributed by atoms with E-state index < -0.39 is 6.04 Å². The van der Waals surface area contributed by atoms with Crippen molar-refractivity contribution in [2.45, 2.75) is 26.8 Å². The van der Waals surface area contributed by atoms with E-state index in [-0.39, 0.29) is 11.2 Å². The van der Waals surface area contributed by atoms with Gasteiger partial charge in [0, 0.05) is 22.9 Å². The van der Waals surface area contributed by atoms with Gasteiger partial charge in [-0.15, -0.1) is 0 Å². The minimum Gasteiger partial charge on any atom is -0.370 e. The lowest BCUT2D eigenvalue weighted by atomic mass is 9.97. The molecule has 1 heterocycles. The van der Waals surface area contributed by atoms with Crippen LogP contribution in [-0.4, -0.2) is 24.6 Å². The molecule has 19 heavy (non-hydrogen) atoms. The quantitative estimate of drug-likeness (QED) is 0.818. The monoisotopic (exact) mass is 342 g/mol. The smallest absolute Gasteiger partial charge is 0.194 e. The molecule has 1 aromatic carbocycles. The molecule has 0 fully saturated rings. The Hall–Kier alpha value is -0.870. The van der Waals surface area contributed by atoms with E-state index >= 15 is 0 Å². The van der Waals surface area contributed by atoms with E-state index in [1.54, 1.807) is 6.21 Å². The largest absolute Gasteiger partial charge is 0.370 e. The third-order valence-corrected chi connectivity index (χ3v) is 4.04. The number of halogens is 2. The fraction of sp³-hybridized carbons (Fsp3) is 0.429. The normalized spacial score (nSPS) is 18.8. The van der Waals surface area contributed by atoms with E-state index in [4.69, 9.17) is 11.6 Å². The Morgan fingerprint density at radius 2 is 2.16 bits per heavy atom. The maximum Gasteiger partial charge on any atom is 0.194 e. The second-order valence-corrected chi connectivity index (χ2v) is 7.05. The summed E-state index contributed by atoms with van der Waals surface area (Å²) >= 11 is 9.48. The van der Waals surface area contributed by atoms with Crippen molar-refractivity contribution in [2.24, 2.45) is 10.4 Å². The number of ketones is 1. The molecule has 0 spiro atoms. The summed E-state index contributed by atoms with van der Waals surface area (Å²) < 4.78 is 0.732. The van der Waals surface area contributed by atoms with Crippen LogP contribution in [0, 0.1) is 5.41 Å². The zero-order valence-corrected chi connectivity index (χ0v) is 13.5. The van der Waals surface area contributed by atoms with Crippen LogP contribution in [0.1, 0.15) is 31.1 Å². The number of nitrogens with zero attached hydrogens (tertiary/aromatic N) is 1. The van der Waals surface area contributed by atoms with Crippen LogP contribution in [0.3, 0.4) is 0 Å². The predicted molar refractivity (Wildman–Crippen MR) is 83.7 cm³/mol. The van der Waals surface area contributed by atoms with Gasteiger partial charge in [-0.25, -0.2) is 0 Å². The first-order valence-electron chi connectivity index (χ1n) is 6.08. The molecule has 2 rings (SSSR count). The lowest BCUT2D eigenvalue weighted by Gasteiger charge is -2.14. The molecule has 1 N–H and O–H groups in total. The topological polar surface area (TPSA) is 41.5 Å². The highest BCUT2D eigenvalue weighted by Crippen LogP contribution is 2.36. The minimum atomic E-state index is -0.413. The molecule has 5 heteroatoms. The Kier molecular flexibility index (Phi) is 4.02. The van der Waals surface area contributed by atoms with E-state index in [1.807, 2.05) is 12.1 Å². The molecule has 1 atom stereocenters. The summed E-state index contributed by atoms with van der Waals surface area (Å²) in [5.74, 6) is -0.0287. The van der Waals surface area contributed by atoms with Gasteiger partial charge in [-0.05, 0) is 33.5 Å². The van der Waals surface area contributed by atoms with Crippen LogP contribution in [-0.2, 0) is 0 Å². The number of nitrogens with one attached hydrogen (secondary N) is 1. The first-order chi connectivity index (χ1) is 8.79. The molecule has 102 valence electrons. The molecule has 0 saturated heterocycles. The van der Waals surface area contributed by atoms with Gasteiger partial charge >= 0.3 is 0 Å². The highest BCUT2D eigenvalue weighted by Gasteiger charge is 2.31. The van der Waals surface area contributed by atoms with Gasteiger partial charge in [-0.3, -0.25) is 9.79 Å². The van der Waals surface area contributed by atoms with Crippen LogP contribution in [0.4, 0.5) is 5.69 Å². The maximum absolute atomic E-state index is 12.3. The molecular formula is C14H16BrClN2O. The number of carbonyl (C=O) groups is 1. The molecule has 3 nitrogen and oxygen atoms in total. The van der Waals surface area contributed by atoms with Crippen molar-refractivity contribution in [3.63, 3.8) is 0 Å². The summed E-state index contributed by atoms with van der Waals surface area (Å²) in [7, 11) is 0. The number of aliphatic imine (C=N–C) groups is 1. The standard InChI is InChI=1S/C14H16BrClN2O/c1-14(2,3)7-17-6-10-13(19)11-9(18-10)5-4-8(15)12(11)16/h4-6,10,18H,7H2,1-3H3. The number of rotatable bonds is 2. The van der Waals surface area contributed by atoms with Crippen LogP contribution in [0.15, 0.2) is 21.6 Å². The van der Waals surface area contributed by atoms with Crippen molar-refractivity contribution in [3.8, 4) is 0 Å². The van der Waals surface area contributed by atoms with E-state index in [2.05, 4.69) is 47.0 Å². The number of benzene rings is 1. The Labute approximate surface area is 126 Å². The predicted octanol–water partition coefficient (Wildman–Crippen LogP) is 4.20. The van der Waals surface area contributed by atoms with Gasteiger partial charge in [0.1, 0.15) is 6.04 Å². The van der Waals surface area contributed by atoms with Crippen molar-refractivity contribution in [2.75, 3.05) is 11.9 Å². The second kappa shape index (κ2) is 5.25. The zero-order chi connectivity index (χ0) is 14.2. The molecule has 0 aromatic heterocycles. The minimum absolute atomic E-state index is 0.0287. The van der Waals surface area contributed by atoms with Gasteiger partial charge in [0.15, 0.2) is 5.78 Å². The van der Waals surface area contributed by atoms with Crippen LogP contribution in [0.25, 0.3) is 0 Å². The second-order valence-electron chi connectivity index (χ2n) is 5.82. The van der Waals surface area contributed by atoms with Crippen LogP contribution < -0.4 is 5.32 Å². The number of Topliss-reactive ketones (excluding diaryl/α,β-unsaturated/α-hetero) is 1. The molecule has 1 aromatic rings. The molecule has 1 unspecified atom stereocenters. The van der Waals surface area contributed by atoms with Crippen molar-refractivity contribution < 1.29 is 4.79 Å². The van der Waals surface area contributed by atoms with E-state index in [0.717, 1.165) is 10.2 Å². The zero-order valence-electron chi connectivity index (χ0n) is 11.1. The molecule has 0 saturated carbocycles. The molecule has 0 bridgehead atoms. The van der Waals surface area contributed by atoms with Gasteiger partial charge in [-0.2, -0.15) is 0 Å². The third kappa shape index (κ3) is 3.18. The van der Waals surface area contributed by atoms with Crippen LogP contribution in [0.2, 0.25) is 5.02 Å². The molecule has 0 aliphatic carbocycles. The highest BCUT2D eigenvalue weighted by molar-refractivity contribution is 9.10. The van der Waals surface area contributed by atoms with Crippen molar-refractivity contribution in [1.29, 1.82) is 0 Å². The van der Waals surface area contributed by atoms with Gasteiger partial charge in [0.25, 0.3) is 0 Å². The summed E-state index contributed by atoms with van der Waals surface area (Å²) in [6, 6.07) is 3.26. The van der Waals surface area contributed by atoms with Gasteiger partial charge in [-0.1, -0.05) is 32.4 Å². The molecule has 0 radical (unpaired) electrons. The number of hydrogen-bond acceptors (Lipinski definition) is 3. The van der Waals surface area contributed by atoms with Crippen molar-refractivity contribution in [3.05, 3.63) is 27.2 Å². The fourth-order valence-corrected chi connectivity index (χ4v) is 2.43. The Morgan fingerprint density at radius 1 is 1.47 bits per heavy atom. The van der Waals surface area contributed by atoms with Gasteiger partial charge in [0.05, 0.1) is 10.6 Å². The molecule has 1 aliphatic heterocycles. The average molecular weight is 344 g/mol. The Balaban J connectivity index is 2.18. The SMILES string of the molecule is CC(C)(C)CN=CC1Nc2ccc(Br)c(Cl)c2C1=O. The first-order valence-corrected chi connectivity index (χ1v) is 7.25. The summed E-state index contributed by atoms with van der Waals surface area (Å²) in [4.78, 5) is 16.6. The van der Waals surface area contributed by atoms with E-state index in [9.17, 15) is 4.79 Å². The lowest BCUT2D eigenvalue weighted by molar-refractivity contribution is 0.1000. The number of hydrogen-bond donors (Lipinski definition) is 1. The van der Waals surface area contributed by atoms with E-state index in [1.165, 1.54) is 0 Å². The summed E-state index contributed by atoms with van der Waals surface area (Å²) in [5, 5.41) is 3.59. The van der Waals surface area contributed by atoms with Gasteiger partial charge in [0.2, 0.25) is 0 Å². The van der Waals surface area contributed by atoms with Crippen LogP contribution in [0.5, 0.6) is 0 Å². The molecule has 1 aliphatic rings. The Bertz CT molecular complexity index is 549. The maximum atomic E-state index is 12.3. The van der Waals surface area contributed by atoms with Crippen molar-refractivity contribution in [1.82, 2.24) is 0 Å². The summed E-state index contributed by atoms with van der Waals surface area (Å²) in [6.45, 7) is 7.01. The number of anilines is 1. The summed E-state index contributed by atoms with van der Waals surface area (Å²) in [6.07, 6.45) is 1.68.